The molecule has 2 unspecified atom stereocenters. The molecule has 0 amide bonds. The average molecular weight is 229 g/mol. The Balaban J connectivity index is 2.81. The highest BCUT2D eigenvalue weighted by Crippen LogP contribution is 2.56. The molecule has 0 heterocycles. The predicted molar refractivity (Wildman–Crippen MR) is 57.0 cm³/mol. The Morgan fingerprint density at radius 2 is 1.94 bits per heavy atom. The van der Waals surface area contributed by atoms with Gasteiger partial charge in [0.1, 0.15) is 5.60 Å². The minimum atomic E-state index is -1.16. The largest absolute Gasteiger partial charge is 0.459 e. The number of carbonyl (C=O) groups excluding carboxylic acids is 2. The lowest BCUT2D eigenvalue weighted by atomic mass is 10.0. The van der Waals surface area contributed by atoms with E-state index in [0.717, 1.165) is 6.42 Å². The van der Waals surface area contributed by atoms with Crippen molar-refractivity contribution >= 4 is 11.9 Å². The molecule has 1 rings (SSSR count). The van der Waals surface area contributed by atoms with Crippen molar-refractivity contribution in [2.24, 2.45) is 17.2 Å². The topological polar surface area (TPSA) is 78.6 Å². The van der Waals surface area contributed by atoms with Crippen LogP contribution in [-0.2, 0) is 19.2 Å². The first-order valence-corrected chi connectivity index (χ1v) is 5.42. The van der Waals surface area contributed by atoms with E-state index in [9.17, 15) is 9.59 Å². The van der Waals surface area contributed by atoms with Crippen LogP contribution in [0.15, 0.2) is 0 Å². The SMILES string of the molecule is CCC1CC1(C(=O)ON)C(=O)OC(C)(C)C. The molecule has 0 spiro atoms. The van der Waals surface area contributed by atoms with Crippen LogP contribution in [0.3, 0.4) is 0 Å². The predicted octanol–water partition coefficient (Wildman–Crippen LogP) is 1.16. The maximum Gasteiger partial charge on any atom is 0.342 e. The number of hydrogen-bond donors (Lipinski definition) is 1. The van der Waals surface area contributed by atoms with Crippen molar-refractivity contribution in [1.29, 1.82) is 0 Å². The molecule has 2 N–H and O–H groups in total. The van der Waals surface area contributed by atoms with Crippen LogP contribution in [0.25, 0.3) is 0 Å². The fourth-order valence-electron chi connectivity index (χ4n) is 1.88. The van der Waals surface area contributed by atoms with Crippen molar-refractivity contribution in [3.8, 4) is 0 Å². The van der Waals surface area contributed by atoms with Crippen LogP contribution >= 0.6 is 0 Å². The molecule has 1 aliphatic rings. The summed E-state index contributed by atoms with van der Waals surface area (Å²) in [5.74, 6) is 3.63. The van der Waals surface area contributed by atoms with Gasteiger partial charge in [-0.15, -0.1) is 0 Å². The first-order valence-electron chi connectivity index (χ1n) is 5.42. The van der Waals surface area contributed by atoms with Gasteiger partial charge in [-0.3, -0.25) is 4.79 Å². The van der Waals surface area contributed by atoms with Gasteiger partial charge >= 0.3 is 11.9 Å². The number of rotatable bonds is 3. The lowest BCUT2D eigenvalue weighted by molar-refractivity contribution is -0.173. The summed E-state index contributed by atoms with van der Waals surface area (Å²) in [6, 6.07) is 0. The Labute approximate surface area is 95.2 Å². The molecule has 2 atom stereocenters. The maximum absolute atomic E-state index is 11.9. The third-order valence-electron chi connectivity index (χ3n) is 2.83. The fourth-order valence-corrected chi connectivity index (χ4v) is 1.88. The van der Waals surface area contributed by atoms with E-state index in [1.54, 1.807) is 20.8 Å². The minimum absolute atomic E-state index is 0.0154. The molecule has 0 radical (unpaired) electrons. The van der Waals surface area contributed by atoms with Crippen molar-refractivity contribution < 1.29 is 19.2 Å². The summed E-state index contributed by atoms with van der Waals surface area (Å²) < 4.78 is 5.22. The molecule has 0 saturated heterocycles. The monoisotopic (exact) mass is 229 g/mol. The van der Waals surface area contributed by atoms with E-state index in [1.165, 1.54) is 0 Å². The van der Waals surface area contributed by atoms with Crippen LogP contribution in [0.1, 0.15) is 40.5 Å². The molecule has 5 nitrogen and oxygen atoms in total. The molecule has 1 saturated carbocycles. The van der Waals surface area contributed by atoms with Gasteiger partial charge in [0.2, 0.25) is 0 Å². The molecule has 92 valence electrons. The van der Waals surface area contributed by atoms with Gasteiger partial charge in [-0.1, -0.05) is 13.3 Å². The zero-order valence-corrected chi connectivity index (χ0v) is 10.2. The summed E-state index contributed by atoms with van der Waals surface area (Å²) >= 11 is 0. The standard InChI is InChI=1S/C11H19NO4/c1-5-7-6-11(7,9(14)16-12)8(13)15-10(2,3)4/h7H,5-6,12H2,1-4H3. The molecule has 0 aromatic rings. The van der Waals surface area contributed by atoms with Crippen molar-refractivity contribution in [2.45, 2.75) is 46.1 Å². The van der Waals surface area contributed by atoms with E-state index < -0.39 is 23.0 Å². The van der Waals surface area contributed by atoms with E-state index in [4.69, 9.17) is 10.6 Å². The number of ether oxygens (including phenoxy) is 1. The van der Waals surface area contributed by atoms with Crippen molar-refractivity contribution in [2.75, 3.05) is 0 Å². The lowest BCUT2D eigenvalue weighted by Crippen LogP contribution is -2.37. The molecular formula is C11H19NO4. The van der Waals surface area contributed by atoms with Crippen LogP contribution in [-0.4, -0.2) is 17.5 Å². The number of nitrogens with two attached hydrogens (primary N) is 1. The quantitative estimate of drug-likeness (QED) is 0.446. The third kappa shape index (κ3) is 2.19. The third-order valence-corrected chi connectivity index (χ3v) is 2.83. The number of esters is 1. The average Bonchev–Trinajstić information content (AvgIpc) is 2.89. The van der Waals surface area contributed by atoms with Gasteiger partial charge in [0.15, 0.2) is 5.41 Å². The van der Waals surface area contributed by atoms with Crippen LogP contribution in [0, 0.1) is 11.3 Å². The molecule has 0 aromatic carbocycles. The highest BCUT2D eigenvalue weighted by atomic mass is 16.7. The van der Waals surface area contributed by atoms with E-state index in [0.29, 0.717) is 6.42 Å². The summed E-state index contributed by atoms with van der Waals surface area (Å²) in [4.78, 5) is 27.7. The zero-order valence-electron chi connectivity index (χ0n) is 10.2. The Bertz CT molecular complexity index is 308. The second-order valence-corrected chi connectivity index (χ2v) is 5.19. The summed E-state index contributed by atoms with van der Waals surface area (Å²) in [5.41, 5.74) is -1.77. The molecule has 1 fully saturated rings. The van der Waals surface area contributed by atoms with E-state index in [1.807, 2.05) is 6.92 Å². The van der Waals surface area contributed by atoms with Crippen LogP contribution in [0.5, 0.6) is 0 Å². The van der Waals surface area contributed by atoms with E-state index in [2.05, 4.69) is 4.84 Å². The molecule has 0 aromatic heterocycles. The molecule has 0 aliphatic heterocycles. The Kier molecular flexibility index (Phi) is 3.28. The lowest BCUT2D eigenvalue weighted by Gasteiger charge is -2.23. The van der Waals surface area contributed by atoms with Crippen molar-refractivity contribution in [3.05, 3.63) is 0 Å². The highest BCUT2D eigenvalue weighted by molar-refractivity contribution is 6.03. The summed E-state index contributed by atoms with van der Waals surface area (Å²) in [7, 11) is 0. The second-order valence-electron chi connectivity index (χ2n) is 5.19. The summed E-state index contributed by atoms with van der Waals surface area (Å²) in [5, 5.41) is 0. The van der Waals surface area contributed by atoms with Crippen LogP contribution in [0.4, 0.5) is 0 Å². The summed E-state index contributed by atoms with van der Waals surface area (Å²) in [6.07, 6.45) is 1.20. The second kappa shape index (κ2) is 4.05. The van der Waals surface area contributed by atoms with Gasteiger partial charge in [0.05, 0.1) is 0 Å². The number of hydrogen-bond acceptors (Lipinski definition) is 5. The van der Waals surface area contributed by atoms with Crippen molar-refractivity contribution in [3.63, 3.8) is 0 Å². The smallest absolute Gasteiger partial charge is 0.342 e. The van der Waals surface area contributed by atoms with Gasteiger partial charge in [-0.05, 0) is 33.1 Å². The van der Waals surface area contributed by atoms with Gasteiger partial charge < -0.3 is 9.57 Å². The summed E-state index contributed by atoms with van der Waals surface area (Å²) in [6.45, 7) is 7.20. The molecule has 0 bridgehead atoms. The molecule has 5 heteroatoms. The first-order chi connectivity index (χ1) is 7.28. The van der Waals surface area contributed by atoms with E-state index >= 15 is 0 Å². The molecule has 16 heavy (non-hydrogen) atoms. The Morgan fingerprint density at radius 1 is 1.38 bits per heavy atom. The van der Waals surface area contributed by atoms with E-state index in [-0.39, 0.29) is 5.92 Å². The molecule has 1 aliphatic carbocycles. The highest BCUT2D eigenvalue weighted by Gasteiger charge is 2.67. The first kappa shape index (κ1) is 13.0. The molecular weight excluding hydrogens is 210 g/mol. The van der Waals surface area contributed by atoms with Gasteiger partial charge in [0, 0.05) is 0 Å². The zero-order chi connectivity index (χ0) is 12.6. The van der Waals surface area contributed by atoms with Gasteiger partial charge in [-0.2, -0.15) is 5.90 Å². The fraction of sp³-hybridized carbons (Fsp3) is 0.818. The normalized spacial score (nSPS) is 28.4. The van der Waals surface area contributed by atoms with Crippen LogP contribution < -0.4 is 5.90 Å². The minimum Gasteiger partial charge on any atom is -0.459 e. The Morgan fingerprint density at radius 3 is 2.25 bits per heavy atom. The van der Waals surface area contributed by atoms with Crippen molar-refractivity contribution in [1.82, 2.24) is 0 Å². The van der Waals surface area contributed by atoms with Gasteiger partial charge in [-0.25, -0.2) is 4.79 Å². The Hall–Kier alpha value is -1.10. The van der Waals surface area contributed by atoms with Crippen LogP contribution in [0.2, 0.25) is 0 Å². The van der Waals surface area contributed by atoms with Gasteiger partial charge in [0.25, 0.3) is 0 Å². The maximum atomic E-state index is 11.9. The number of carbonyl (C=O) groups is 2.